The Kier molecular flexibility index (Phi) is 14.4. The molecule has 1 saturated heterocycles. The fourth-order valence-electron chi connectivity index (χ4n) is 5.80. The summed E-state index contributed by atoms with van der Waals surface area (Å²) in [5.41, 5.74) is -3.12. The van der Waals surface area contributed by atoms with Crippen LogP contribution in [0.5, 0.6) is 17.2 Å². The van der Waals surface area contributed by atoms with E-state index in [1.165, 1.54) is 25.3 Å². The predicted octanol–water partition coefficient (Wildman–Crippen LogP) is 3.84. The van der Waals surface area contributed by atoms with Crippen LogP contribution in [0.3, 0.4) is 0 Å². The minimum absolute atomic E-state index is 0.00432. The van der Waals surface area contributed by atoms with Crippen LogP contribution >= 0.6 is 0 Å². The highest BCUT2D eigenvalue weighted by Crippen LogP contribution is 2.52. The number of aromatic hydroxyl groups is 2. The zero-order chi connectivity index (χ0) is 34.8. The smallest absolute Gasteiger partial charge is 0.202 e. The number of terminal acetylenes is 1. The molecule has 1 aliphatic heterocycles. The van der Waals surface area contributed by atoms with Crippen molar-refractivity contribution in [3.63, 3.8) is 0 Å². The quantitative estimate of drug-likeness (QED) is 0.187. The Morgan fingerprint density at radius 1 is 1.09 bits per heavy atom. The summed E-state index contributed by atoms with van der Waals surface area (Å²) in [6.07, 6.45) is 7.45. The van der Waals surface area contributed by atoms with Crippen molar-refractivity contribution in [3.05, 3.63) is 51.6 Å². The molecule has 0 bridgehead atoms. The normalized spacial score (nSPS) is 21.1. The van der Waals surface area contributed by atoms with Gasteiger partial charge in [0.25, 0.3) is 0 Å². The summed E-state index contributed by atoms with van der Waals surface area (Å²) < 4.78 is 16.9. The fraction of sp³-hybridized carbons (Fsp3) is 0.514. The number of ether oxygens (including phenoxy) is 3. The summed E-state index contributed by atoms with van der Waals surface area (Å²) in [5, 5.41) is 46.3. The van der Waals surface area contributed by atoms with Crippen LogP contribution in [0.4, 0.5) is 0 Å². The van der Waals surface area contributed by atoms with Gasteiger partial charge in [0.05, 0.1) is 29.9 Å². The van der Waals surface area contributed by atoms with E-state index < -0.39 is 71.0 Å². The van der Waals surface area contributed by atoms with Crippen molar-refractivity contribution < 1.29 is 49.0 Å². The average Bonchev–Trinajstić information content (AvgIpc) is 3.06. The van der Waals surface area contributed by atoms with Crippen LogP contribution < -0.4 is 10.1 Å². The van der Waals surface area contributed by atoms with Crippen LogP contribution in [-0.4, -0.2) is 83.6 Å². The lowest BCUT2D eigenvalue weighted by molar-refractivity contribution is -0.204. The van der Waals surface area contributed by atoms with E-state index in [1.807, 2.05) is 20.9 Å². The van der Waals surface area contributed by atoms with Crippen LogP contribution in [0.1, 0.15) is 102 Å². The van der Waals surface area contributed by atoms with E-state index in [0.717, 1.165) is 25.3 Å². The summed E-state index contributed by atoms with van der Waals surface area (Å²) in [7, 11) is 3.32. The molecule has 0 unspecified atom stereocenters. The summed E-state index contributed by atoms with van der Waals surface area (Å²) in [6.45, 7) is 8.99. The SMILES string of the molecule is C#C.CC.CNCC(C)C.COc1cccc2c1C(=O)c1c(O)c3c(c(O)c1C2=O)C[C@@](O)(C(=O)CO)C[C@@H]3O[C@H]1CCCCO1. The van der Waals surface area contributed by atoms with Gasteiger partial charge in [-0.05, 0) is 44.8 Å². The summed E-state index contributed by atoms with van der Waals surface area (Å²) >= 11 is 0. The van der Waals surface area contributed by atoms with E-state index in [4.69, 9.17) is 14.2 Å². The second-order valence-electron chi connectivity index (χ2n) is 11.2. The number of hydrogen-bond acceptors (Lipinski definition) is 11. The first kappa shape index (κ1) is 38.4. The number of rotatable bonds is 7. The maximum absolute atomic E-state index is 13.6. The van der Waals surface area contributed by atoms with Crippen molar-refractivity contribution >= 4 is 17.3 Å². The Hall–Kier alpha value is -3.79. The lowest BCUT2D eigenvalue weighted by Crippen LogP contribution is -2.48. The number of carbonyl (C=O) groups is 3. The number of phenols is 2. The van der Waals surface area contributed by atoms with Gasteiger partial charge in [-0.15, -0.1) is 12.8 Å². The van der Waals surface area contributed by atoms with Crippen LogP contribution in [0.15, 0.2) is 18.2 Å². The van der Waals surface area contributed by atoms with E-state index in [0.29, 0.717) is 13.0 Å². The Morgan fingerprint density at radius 2 is 1.74 bits per heavy atom. The highest BCUT2D eigenvalue weighted by molar-refractivity contribution is 6.31. The number of phenolic OH excluding ortho intramolecular Hbond substituents is 2. The Balaban J connectivity index is 0.000000653. The molecular weight excluding hydrogens is 594 g/mol. The molecule has 1 heterocycles. The number of carbonyl (C=O) groups excluding carboxylic acids is 3. The first-order valence-electron chi connectivity index (χ1n) is 15.5. The summed E-state index contributed by atoms with van der Waals surface area (Å²) in [5.74, 6) is -2.62. The molecule has 3 aliphatic rings. The third-order valence-electron chi connectivity index (χ3n) is 7.80. The molecule has 5 N–H and O–H groups in total. The molecule has 11 nitrogen and oxygen atoms in total. The first-order valence-corrected chi connectivity index (χ1v) is 15.5. The van der Waals surface area contributed by atoms with Gasteiger partial charge < -0.3 is 40.0 Å². The number of Topliss-reactive ketones (excluding diaryl/α,β-unsaturated/α-hetero) is 1. The molecule has 0 saturated carbocycles. The predicted molar refractivity (Wildman–Crippen MR) is 172 cm³/mol. The minimum Gasteiger partial charge on any atom is -0.507 e. The zero-order valence-corrected chi connectivity index (χ0v) is 27.5. The van der Waals surface area contributed by atoms with Gasteiger partial charge in [0.1, 0.15) is 29.5 Å². The number of benzene rings is 2. The van der Waals surface area contributed by atoms with E-state index >= 15 is 0 Å². The number of nitrogens with one attached hydrogen (secondary N) is 1. The van der Waals surface area contributed by atoms with Crippen molar-refractivity contribution in [3.8, 4) is 30.1 Å². The van der Waals surface area contributed by atoms with E-state index in [2.05, 4.69) is 32.0 Å². The molecule has 0 amide bonds. The van der Waals surface area contributed by atoms with Crippen LogP contribution in [0.2, 0.25) is 0 Å². The van der Waals surface area contributed by atoms with Crippen molar-refractivity contribution in [2.45, 2.75) is 77.8 Å². The van der Waals surface area contributed by atoms with Crippen LogP contribution in [0.25, 0.3) is 0 Å². The van der Waals surface area contributed by atoms with Crippen molar-refractivity contribution in [1.29, 1.82) is 0 Å². The van der Waals surface area contributed by atoms with E-state index in [9.17, 15) is 34.8 Å². The topological polar surface area (TPSA) is 172 Å². The molecule has 46 heavy (non-hydrogen) atoms. The first-order chi connectivity index (χ1) is 22.0. The third-order valence-corrected chi connectivity index (χ3v) is 7.80. The van der Waals surface area contributed by atoms with Crippen molar-refractivity contribution in [2.75, 3.05) is 33.9 Å². The molecule has 0 spiro atoms. The number of aliphatic hydroxyl groups excluding tert-OH is 1. The van der Waals surface area contributed by atoms with Crippen LogP contribution in [-0.2, 0) is 20.7 Å². The molecule has 11 heteroatoms. The zero-order valence-electron chi connectivity index (χ0n) is 27.5. The van der Waals surface area contributed by atoms with Crippen LogP contribution in [0, 0.1) is 18.8 Å². The van der Waals surface area contributed by atoms with Gasteiger partial charge in [0.2, 0.25) is 5.78 Å². The molecule has 0 aromatic heterocycles. The molecule has 0 radical (unpaired) electrons. The van der Waals surface area contributed by atoms with E-state index in [1.54, 1.807) is 0 Å². The van der Waals surface area contributed by atoms with Gasteiger partial charge in [-0.2, -0.15) is 0 Å². The van der Waals surface area contributed by atoms with Gasteiger partial charge in [-0.3, -0.25) is 14.4 Å². The van der Waals surface area contributed by atoms with Gasteiger partial charge in [0.15, 0.2) is 17.9 Å². The second-order valence-corrected chi connectivity index (χ2v) is 11.2. The monoisotopic (exact) mass is 641 g/mol. The van der Waals surface area contributed by atoms with Gasteiger partial charge in [-0.25, -0.2) is 0 Å². The lowest BCUT2D eigenvalue weighted by Gasteiger charge is -2.40. The summed E-state index contributed by atoms with van der Waals surface area (Å²) in [4.78, 5) is 39.5. The largest absolute Gasteiger partial charge is 0.507 e. The van der Waals surface area contributed by atoms with Crippen molar-refractivity contribution in [1.82, 2.24) is 5.32 Å². The lowest BCUT2D eigenvalue weighted by atomic mass is 9.72. The number of methoxy groups -OCH3 is 1. The summed E-state index contributed by atoms with van der Waals surface area (Å²) in [6, 6.07) is 4.45. The number of fused-ring (bicyclic) bond motifs is 3. The molecule has 3 atom stereocenters. The highest BCUT2D eigenvalue weighted by Gasteiger charge is 2.49. The Labute approximate surface area is 270 Å². The van der Waals surface area contributed by atoms with Gasteiger partial charge >= 0.3 is 0 Å². The van der Waals surface area contributed by atoms with Gasteiger partial charge in [0, 0.05) is 36.1 Å². The third kappa shape index (κ3) is 7.77. The number of hydrogen-bond donors (Lipinski definition) is 5. The number of ketones is 3. The molecule has 252 valence electrons. The molecule has 2 aromatic carbocycles. The molecule has 1 fully saturated rings. The standard InChI is InChI=1S/C26H26O10.C5H13N.C2H6.C2H2/c1-34-14-6-4-5-12-18(14)24(31)21-20(22(12)29)23(30)13-9-26(33,16(28)11-27)10-15(19(13)25(21)32)36-17-7-2-3-8-35-17;1-5(2)4-6-3;2*1-2/h4-6,15,17,27,30,32-33H,2-3,7-11H2,1H3;5-6H,4H2,1-3H3;1-2H3;1-2H/t15-,17-,26-;;;/m0.../s1. The van der Waals surface area contributed by atoms with Crippen molar-refractivity contribution in [2.24, 2.45) is 5.92 Å². The fourth-order valence-corrected chi connectivity index (χ4v) is 5.80. The Morgan fingerprint density at radius 3 is 2.26 bits per heavy atom. The maximum atomic E-state index is 13.6. The molecule has 2 aliphatic carbocycles. The maximum Gasteiger partial charge on any atom is 0.202 e. The Bertz CT molecular complexity index is 1410. The molecule has 5 rings (SSSR count). The molecular formula is C35H47NO10. The van der Waals surface area contributed by atoms with Gasteiger partial charge in [-0.1, -0.05) is 39.8 Å². The molecule has 2 aromatic rings. The van der Waals surface area contributed by atoms with E-state index in [-0.39, 0.29) is 34.4 Å². The average molecular weight is 642 g/mol. The number of aliphatic hydroxyl groups is 2. The second kappa shape index (κ2) is 17.2. The minimum atomic E-state index is -2.14. The highest BCUT2D eigenvalue weighted by atomic mass is 16.7.